The number of amides is 1. The SMILES string of the molecule is CCc1nc(CN2CCC(CNC(=O)CSc3ccc4c(c3)CCC4)CC2)cs1. The number of aromatic nitrogens is 1. The molecule has 2 aromatic rings. The summed E-state index contributed by atoms with van der Waals surface area (Å²) in [6.07, 6.45) is 7.01. The lowest BCUT2D eigenvalue weighted by atomic mass is 9.97. The van der Waals surface area contributed by atoms with Crippen LogP contribution in [0.5, 0.6) is 0 Å². The third-order valence-corrected chi connectivity index (χ3v) is 8.06. The molecule has 2 heterocycles. The summed E-state index contributed by atoms with van der Waals surface area (Å²) >= 11 is 3.43. The maximum absolute atomic E-state index is 12.3. The highest BCUT2D eigenvalue weighted by Crippen LogP contribution is 2.27. The van der Waals surface area contributed by atoms with Gasteiger partial charge in [0.1, 0.15) is 0 Å². The van der Waals surface area contributed by atoms with Gasteiger partial charge in [-0.2, -0.15) is 0 Å². The molecule has 0 atom stereocenters. The van der Waals surface area contributed by atoms with Gasteiger partial charge in [0.2, 0.25) is 5.91 Å². The van der Waals surface area contributed by atoms with Crippen molar-refractivity contribution in [2.24, 2.45) is 5.92 Å². The van der Waals surface area contributed by atoms with Gasteiger partial charge in [0.15, 0.2) is 0 Å². The Morgan fingerprint density at radius 1 is 1.28 bits per heavy atom. The molecular weight excluding hydrogens is 398 g/mol. The Morgan fingerprint density at radius 3 is 2.90 bits per heavy atom. The zero-order valence-corrected chi connectivity index (χ0v) is 18.9. The number of nitrogens with one attached hydrogen (secondary N) is 1. The van der Waals surface area contributed by atoms with E-state index in [0.29, 0.717) is 11.7 Å². The molecule has 1 aliphatic heterocycles. The summed E-state index contributed by atoms with van der Waals surface area (Å²) in [5.74, 6) is 1.27. The molecule has 29 heavy (non-hydrogen) atoms. The molecule has 1 aromatic carbocycles. The Hall–Kier alpha value is -1.37. The quantitative estimate of drug-likeness (QED) is 0.635. The van der Waals surface area contributed by atoms with Gasteiger partial charge in [-0.05, 0) is 80.8 Å². The standard InChI is InChI=1S/C23H31N3OS2/c1-2-23-25-20(15-29-23)14-26-10-8-17(9-11-26)13-24-22(27)16-28-21-7-6-18-4-3-5-19(18)12-21/h6-7,12,15,17H,2-5,8-11,13-14,16H2,1H3,(H,24,27). The number of thioether (sulfide) groups is 1. The lowest BCUT2D eigenvalue weighted by molar-refractivity contribution is -0.118. The van der Waals surface area contributed by atoms with Gasteiger partial charge in [0.25, 0.3) is 0 Å². The van der Waals surface area contributed by atoms with Gasteiger partial charge in [0.05, 0.1) is 16.5 Å². The molecule has 4 nitrogen and oxygen atoms in total. The van der Waals surface area contributed by atoms with Crippen molar-refractivity contribution in [3.8, 4) is 0 Å². The van der Waals surface area contributed by atoms with Gasteiger partial charge < -0.3 is 5.32 Å². The molecule has 1 saturated heterocycles. The van der Waals surface area contributed by atoms with E-state index in [4.69, 9.17) is 0 Å². The van der Waals surface area contributed by atoms with Gasteiger partial charge in [-0.1, -0.05) is 13.0 Å². The minimum atomic E-state index is 0.160. The number of piperidine rings is 1. The van der Waals surface area contributed by atoms with E-state index in [1.54, 1.807) is 23.1 Å². The first-order chi connectivity index (χ1) is 14.2. The van der Waals surface area contributed by atoms with Gasteiger partial charge in [-0.15, -0.1) is 23.1 Å². The van der Waals surface area contributed by atoms with Crippen molar-refractivity contribution in [2.75, 3.05) is 25.4 Å². The van der Waals surface area contributed by atoms with Gasteiger partial charge >= 0.3 is 0 Å². The fourth-order valence-corrected chi connectivity index (χ4v) is 5.78. The maximum atomic E-state index is 12.3. The van der Waals surface area contributed by atoms with Crippen molar-refractivity contribution in [2.45, 2.75) is 56.9 Å². The molecule has 0 radical (unpaired) electrons. The number of carbonyl (C=O) groups is 1. The summed E-state index contributed by atoms with van der Waals surface area (Å²) in [5, 5.41) is 6.59. The number of fused-ring (bicyclic) bond motifs is 1. The van der Waals surface area contributed by atoms with Crippen LogP contribution in [0.25, 0.3) is 0 Å². The normalized spacial score (nSPS) is 17.4. The molecule has 0 spiro atoms. The van der Waals surface area contributed by atoms with Gasteiger partial charge in [0, 0.05) is 23.4 Å². The van der Waals surface area contributed by atoms with Crippen LogP contribution in [-0.4, -0.2) is 41.2 Å². The predicted octanol–water partition coefficient (Wildman–Crippen LogP) is 4.31. The molecule has 1 fully saturated rings. The lowest BCUT2D eigenvalue weighted by Gasteiger charge is -2.31. The summed E-state index contributed by atoms with van der Waals surface area (Å²) in [6, 6.07) is 6.69. The fraction of sp³-hybridized carbons (Fsp3) is 0.565. The zero-order chi connectivity index (χ0) is 20.1. The first kappa shape index (κ1) is 20.9. The summed E-state index contributed by atoms with van der Waals surface area (Å²) < 4.78 is 0. The van der Waals surface area contributed by atoms with Crippen LogP contribution in [-0.2, 0) is 30.6 Å². The van der Waals surface area contributed by atoms with E-state index in [0.717, 1.165) is 45.4 Å². The molecule has 4 rings (SSSR count). The Balaban J connectivity index is 1.13. The predicted molar refractivity (Wildman–Crippen MR) is 122 cm³/mol. The topological polar surface area (TPSA) is 45.2 Å². The number of benzene rings is 1. The second kappa shape index (κ2) is 10.1. The third kappa shape index (κ3) is 5.83. The smallest absolute Gasteiger partial charge is 0.230 e. The largest absolute Gasteiger partial charge is 0.355 e. The van der Waals surface area contributed by atoms with Crippen molar-refractivity contribution in [3.05, 3.63) is 45.4 Å². The number of likely N-dealkylation sites (tertiary alicyclic amines) is 1. The number of thiazole rings is 1. The highest BCUT2D eigenvalue weighted by molar-refractivity contribution is 8.00. The number of aryl methyl sites for hydroxylation is 3. The zero-order valence-electron chi connectivity index (χ0n) is 17.3. The van der Waals surface area contributed by atoms with E-state index >= 15 is 0 Å². The molecule has 1 amide bonds. The van der Waals surface area contributed by atoms with Crippen LogP contribution in [0.1, 0.15) is 48.0 Å². The minimum absolute atomic E-state index is 0.160. The number of hydrogen-bond acceptors (Lipinski definition) is 5. The van der Waals surface area contributed by atoms with Gasteiger partial charge in [-0.25, -0.2) is 4.98 Å². The first-order valence-corrected chi connectivity index (χ1v) is 12.7. The average molecular weight is 430 g/mol. The van der Waals surface area contributed by atoms with Gasteiger partial charge in [-0.3, -0.25) is 9.69 Å². The molecule has 2 aliphatic rings. The van der Waals surface area contributed by atoms with Crippen LogP contribution in [0.3, 0.4) is 0 Å². The highest BCUT2D eigenvalue weighted by Gasteiger charge is 2.20. The molecule has 1 aromatic heterocycles. The van der Waals surface area contributed by atoms with Crippen LogP contribution in [0.2, 0.25) is 0 Å². The van der Waals surface area contributed by atoms with E-state index in [9.17, 15) is 4.79 Å². The van der Waals surface area contributed by atoms with E-state index in [2.05, 4.69) is 45.7 Å². The van der Waals surface area contributed by atoms with E-state index in [1.807, 2.05) is 0 Å². The number of hydrogen-bond donors (Lipinski definition) is 1. The van der Waals surface area contributed by atoms with Crippen molar-refractivity contribution in [1.29, 1.82) is 0 Å². The lowest BCUT2D eigenvalue weighted by Crippen LogP contribution is -2.38. The fourth-order valence-electron chi connectivity index (χ4n) is 4.26. The number of rotatable bonds is 8. The molecule has 0 unspecified atom stereocenters. The summed E-state index contributed by atoms with van der Waals surface area (Å²) in [6.45, 7) is 6.14. The van der Waals surface area contributed by atoms with Crippen LogP contribution in [0.4, 0.5) is 0 Å². The third-order valence-electron chi connectivity index (χ3n) is 6.02. The second-order valence-electron chi connectivity index (χ2n) is 8.18. The molecule has 6 heteroatoms. The number of carbonyl (C=O) groups excluding carboxylic acids is 1. The number of nitrogens with zero attached hydrogens (tertiary/aromatic N) is 2. The van der Waals surface area contributed by atoms with E-state index in [-0.39, 0.29) is 5.91 Å². The molecule has 0 saturated carbocycles. The summed E-state index contributed by atoms with van der Waals surface area (Å²) in [7, 11) is 0. The first-order valence-electron chi connectivity index (χ1n) is 10.9. The molecule has 1 N–H and O–H groups in total. The average Bonchev–Trinajstić information content (AvgIpc) is 3.40. The second-order valence-corrected chi connectivity index (χ2v) is 10.2. The maximum Gasteiger partial charge on any atom is 0.230 e. The Morgan fingerprint density at radius 2 is 2.10 bits per heavy atom. The van der Waals surface area contributed by atoms with Crippen molar-refractivity contribution < 1.29 is 4.79 Å². The molecular formula is C23H31N3OS2. The summed E-state index contributed by atoms with van der Waals surface area (Å²) in [4.78, 5) is 20.7. The summed E-state index contributed by atoms with van der Waals surface area (Å²) in [5.41, 5.74) is 4.18. The van der Waals surface area contributed by atoms with Crippen LogP contribution in [0, 0.1) is 5.92 Å². The minimum Gasteiger partial charge on any atom is -0.355 e. The monoisotopic (exact) mass is 429 g/mol. The van der Waals surface area contributed by atoms with Crippen molar-refractivity contribution in [1.82, 2.24) is 15.2 Å². The van der Waals surface area contributed by atoms with E-state index < -0.39 is 0 Å². The molecule has 0 bridgehead atoms. The molecule has 1 aliphatic carbocycles. The van der Waals surface area contributed by atoms with Crippen LogP contribution < -0.4 is 5.32 Å². The van der Waals surface area contributed by atoms with Crippen molar-refractivity contribution >= 4 is 29.0 Å². The highest BCUT2D eigenvalue weighted by atomic mass is 32.2. The Labute approximate surface area is 182 Å². The van der Waals surface area contributed by atoms with Crippen LogP contribution >= 0.6 is 23.1 Å². The van der Waals surface area contributed by atoms with E-state index in [1.165, 1.54) is 46.0 Å². The van der Waals surface area contributed by atoms with Crippen molar-refractivity contribution in [3.63, 3.8) is 0 Å². The molecule has 156 valence electrons. The Kier molecular flexibility index (Phi) is 7.27. The Bertz CT molecular complexity index is 827. The van der Waals surface area contributed by atoms with Crippen LogP contribution in [0.15, 0.2) is 28.5 Å².